The van der Waals surface area contributed by atoms with E-state index >= 15 is 0 Å². The Kier molecular flexibility index (Phi) is 7.24. The first-order valence-corrected chi connectivity index (χ1v) is 12.0. The number of carbonyl (C=O) groups is 1. The lowest BCUT2D eigenvalue weighted by molar-refractivity contribution is 0.0579. The molecule has 2 saturated heterocycles. The van der Waals surface area contributed by atoms with Crippen LogP contribution >= 0.6 is 11.9 Å². The van der Waals surface area contributed by atoms with Gasteiger partial charge in [0.2, 0.25) is 11.8 Å². The summed E-state index contributed by atoms with van der Waals surface area (Å²) in [6.45, 7) is 5.27. The standard InChI is InChI=1S/C22H29N5O3S/c1-16-20(24-15-25-21(16)30-18-8-13-27(31-2)14-9-18)29-17-6-11-26(12-7-17)22(28)19-5-3-4-10-23-19/h3-5,10,15,17-18H,6-9,11-14H2,1-2H3. The summed E-state index contributed by atoms with van der Waals surface area (Å²) in [7, 11) is 0. The molecule has 0 unspecified atom stereocenters. The number of amides is 1. The van der Waals surface area contributed by atoms with Crippen molar-refractivity contribution >= 4 is 17.9 Å². The van der Waals surface area contributed by atoms with Crippen molar-refractivity contribution in [2.75, 3.05) is 32.4 Å². The molecule has 0 N–H and O–H groups in total. The third-order valence-electron chi connectivity index (χ3n) is 5.82. The molecule has 2 aromatic heterocycles. The molecule has 166 valence electrons. The van der Waals surface area contributed by atoms with Crippen LogP contribution in [0.2, 0.25) is 0 Å². The Morgan fingerprint density at radius 1 is 0.968 bits per heavy atom. The minimum Gasteiger partial charge on any atom is -0.474 e. The Hall–Kier alpha value is -2.39. The number of nitrogens with zero attached hydrogens (tertiary/aromatic N) is 5. The van der Waals surface area contributed by atoms with E-state index in [4.69, 9.17) is 9.47 Å². The lowest BCUT2D eigenvalue weighted by Crippen LogP contribution is -2.42. The Bertz CT molecular complexity index is 869. The van der Waals surface area contributed by atoms with Crippen molar-refractivity contribution in [2.45, 2.75) is 44.8 Å². The second-order valence-electron chi connectivity index (χ2n) is 7.86. The van der Waals surface area contributed by atoms with E-state index in [0.717, 1.165) is 44.3 Å². The van der Waals surface area contributed by atoms with Gasteiger partial charge in [-0.2, -0.15) is 0 Å². The first kappa shape index (κ1) is 21.8. The second-order valence-corrected chi connectivity index (χ2v) is 8.74. The van der Waals surface area contributed by atoms with Crippen molar-refractivity contribution in [3.05, 3.63) is 42.0 Å². The largest absolute Gasteiger partial charge is 0.474 e. The van der Waals surface area contributed by atoms with Gasteiger partial charge in [-0.15, -0.1) is 0 Å². The van der Waals surface area contributed by atoms with Gasteiger partial charge in [-0.3, -0.25) is 14.1 Å². The van der Waals surface area contributed by atoms with Crippen molar-refractivity contribution in [1.82, 2.24) is 24.2 Å². The fourth-order valence-electron chi connectivity index (χ4n) is 3.93. The molecule has 0 atom stereocenters. The van der Waals surface area contributed by atoms with E-state index in [1.165, 1.54) is 6.33 Å². The van der Waals surface area contributed by atoms with Crippen molar-refractivity contribution in [2.24, 2.45) is 0 Å². The van der Waals surface area contributed by atoms with Gasteiger partial charge in [0, 0.05) is 45.2 Å². The summed E-state index contributed by atoms with van der Waals surface area (Å²) in [6, 6.07) is 5.40. The van der Waals surface area contributed by atoms with Gasteiger partial charge < -0.3 is 14.4 Å². The van der Waals surface area contributed by atoms with Crippen molar-refractivity contribution in [3.8, 4) is 11.8 Å². The highest BCUT2D eigenvalue weighted by atomic mass is 32.2. The van der Waals surface area contributed by atoms with Gasteiger partial charge in [-0.1, -0.05) is 18.0 Å². The summed E-state index contributed by atoms with van der Waals surface area (Å²) >= 11 is 1.78. The zero-order valence-corrected chi connectivity index (χ0v) is 18.9. The molecule has 9 heteroatoms. The number of likely N-dealkylation sites (tertiary alicyclic amines) is 1. The van der Waals surface area contributed by atoms with Crippen LogP contribution in [0.15, 0.2) is 30.7 Å². The van der Waals surface area contributed by atoms with Crippen molar-refractivity contribution < 1.29 is 14.3 Å². The Morgan fingerprint density at radius 3 is 2.13 bits per heavy atom. The quantitative estimate of drug-likeness (QED) is 0.631. The second kappa shape index (κ2) is 10.3. The number of hydrogen-bond donors (Lipinski definition) is 0. The highest BCUT2D eigenvalue weighted by molar-refractivity contribution is 7.96. The number of pyridine rings is 1. The van der Waals surface area contributed by atoms with Crippen LogP contribution in [0.4, 0.5) is 0 Å². The molecule has 0 aliphatic carbocycles. The molecule has 2 aliphatic heterocycles. The zero-order valence-electron chi connectivity index (χ0n) is 18.1. The topological polar surface area (TPSA) is 80.7 Å². The number of carbonyl (C=O) groups excluding carboxylic acids is 1. The van der Waals surface area contributed by atoms with E-state index in [1.807, 2.05) is 24.0 Å². The van der Waals surface area contributed by atoms with Crippen LogP contribution in [0.5, 0.6) is 11.8 Å². The molecule has 31 heavy (non-hydrogen) atoms. The van der Waals surface area contributed by atoms with E-state index in [9.17, 15) is 4.79 Å². The maximum atomic E-state index is 12.6. The third kappa shape index (κ3) is 5.46. The maximum absolute atomic E-state index is 12.6. The predicted molar refractivity (Wildman–Crippen MR) is 119 cm³/mol. The van der Waals surface area contributed by atoms with Gasteiger partial charge in [0.15, 0.2) is 0 Å². The van der Waals surface area contributed by atoms with E-state index in [2.05, 4.69) is 25.5 Å². The minimum absolute atomic E-state index is 0.0130. The third-order valence-corrected chi connectivity index (χ3v) is 6.70. The van der Waals surface area contributed by atoms with Crippen LogP contribution in [0, 0.1) is 6.92 Å². The highest BCUT2D eigenvalue weighted by Crippen LogP contribution is 2.28. The Balaban J connectivity index is 1.31. The SMILES string of the molecule is CSN1CCC(Oc2ncnc(OC3CCN(C(=O)c4ccccn4)CC3)c2C)CC1. The van der Waals surface area contributed by atoms with Crippen molar-refractivity contribution in [3.63, 3.8) is 0 Å². The van der Waals surface area contributed by atoms with Crippen LogP contribution in [0.3, 0.4) is 0 Å². The number of aromatic nitrogens is 3. The van der Waals surface area contributed by atoms with Gasteiger partial charge in [-0.25, -0.2) is 9.97 Å². The maximum Gasteiger partial charge on any atom is 0.272 e. The average molecular weight is 444 g/mol. The summed E-state index contributed by atoms with van der Waals surface area (Å²) in [6.07, 6.45) is 8.94. The van der Waals surface area contributed by atoms with Crippen LogP contribution in [-0.4, -0.2) is 74.7 Å². The molecule has 2 aliphatic rings. The summed E-state index contributed by atoms with van der Waals surface area (Å²) in [4.78, 5) is 27.3. The number of hydrogen-bond acceptors (Lipinski definition) is 8. The fourth-order valence-corrected chi connectivity index (χ4v) is 4.51. The summed E-state index contributed by atoms with van der Waals surface area (Å²) in [5, 5.41) is 0. The van der Waals surface area contributed by atoms with Crippen molar-refractivity contribution in [1.29, 1.82) is 0 Å². The molecule has 2 fully saturated rings. The molecule has 8 nitrogen and oxygen atoms in total. The first-order valence-electron chi connectivity index (χ1n) is 10.8. The number of rotatable bonds is 6. The molecule has 0 aromatic carbocycles. The molecule has 4 rings (SSSR count). The molecule has 0 radical (unpaired) electrons. The molecule has 2 aromatic rings. The molecule has 4 heterocycles. The van der Waals surface area contributed by atoms with Crippen LogP contribution < -0.4 is 9.47 Å². The van der Waals surface area contributed by atoms with Gasteiger partial charge in [0.1, 0.15) is 24.2 Å². The Labute approximate surface area is 187 Å². The van der Waals surface area contributed by atoms with Gasteiger partial charge in [0.25, 0.3) is 5.91 Å². The first-order chi connectivity index (χ1) is 15.1. The van der Waals surface area contributed by atoms with Gasteiger partial charge >= 0.3 is 0 Å². The van der Waals surface area contributed by atoms with Crippen LogP contribution in [0.1, 0.15) is 41.7 Å². The molecule has 0 saturated carbocycles. The zero-order chi connectivity index (χ0) is 21.6. The van der Waals surface area contributed by atoms with E-state index in [-0.39, 0.29) is 18.1 Å². The molecular weight excluding hydrogens is 414 g/mol. The van der Waals surface area contributed by atoms with E-state index < -0.39 is 0 Å². The average Bonchev–Trinajstić information content (AvgIpc) is 2.83. The minimum atomic E-state index is -0.0273. The van der Waals surface area contributed by atoms with Gasteiger partial charge in [-0.05, 0) is 38.2 Å². The lowest BCUT2D eigenvalue weighted by atomic mass is 10.1. The molecule has 0 bridgehead atoms. The summed E-state index contributed by atoms with van der Waals surface area (Å²) in [5.41, 5.74) is 1.32. The summed E-state index contributed by atoms with van der Waals surface area (Å²) < 4.78 is 14.7. The normalized spacial score (nSPS) is 18.7. The molecule has 1 amide bonds. The van der Waals surface area contributed by atoms with E-state index in [1.54, 1.807) is 24.2 Å². The smallest absolute Gasteiger partial charge is 0.272 e. The lowest BCUT2D eigenvalue weighted by Gasteiger charge is -2.32. The van der Waals surface area contributed by atoms with Crippen LogP contribution in [0.25, 0.3) is 0 Å². The van der Waals surface area contributed by atoms with Crippen LogP contribution in [-0.2, 0) is 0 Å². The number of piperidine rings is 2. The van der Waals surface area contributed by atoms with E-state index in [0.29, 0.717) is 30.5 Å². The van der Waals surface area contributed by atoms with Gasteiger partial charge in [0.05, 0.1) is 5.56 Å². The molecule has 0 spiro atoms. The monoisotopic (exact) mass is 443 g/mol. The predicted octanol–water partition coefficient (Wildman–Crippen LogP) is 2.98. The Morgan fingerprint density at radius 2 is 1.58 bits per heavy atom. The summed E-state index contributed by atoms with van der Waals surface area (Å²) in [5.74, 6) is 1.15. The highest BCUT2D eigenvalue weighted by Gasteiger charge is 2.27. The molecular formula is C22H29N5O3S. The fraction of sp³-hybridized carbons (Fsp3) is 0.545. The number of ether oxygens (including phenoxy) is 2.